The highest BCUT2D eigenvalue weighted by Crippen LogP contribution is 2.44. The molecule has 3 amide bonds. The molecule has 0 aliphatic carbocycles. The number of aromatic hydroxyl groups is 2. The van der Waals surface area contributed by atoms with Crippen molar-refractivity contribution in [2.24, 2.45) is 5.73 Å². The van der Waals surface area contributed by atoms with Crippen LogP contribution in [0.15, 0.2) is 21.2 Å². The van der Waals surface area contributed by atoms with Gasteiger partial charge in [0.2, 0.25) is 5.76 Å². The summed E-state index contributed by atoms with van der Waals surface area (Å²) in [6, 6.07) is 2.58. The minimum absolute atomic E-state index is 0.0537. The predicted molar refractivity (Wildman–Crippen MR) is 119 cm³/mol. The lowest BCUT2D eigenvalue weighted by Crippen LogP contribution is -2.25. The smallest absolute Gasteiger partial charge is 0.288 e. The van der Waals surface area contributed by atoms with Gasteiger partial charge in [0.1, 0.15) is 11.5 Å². The fourth-order valence-corrected chi connectivity index (χ4v) is 3.43. The van der Waals surface area contributed by atoms with Gasteiger partial charge in [0, 0.05) is 19.2 Å². The highest BCUT2D eigenvalue weighted by atomic mass is 16.5. The van der Waals surface area contributed by atoms with Gasteiger partial charge in [-0.1, -0.05) is 24.2 Å². The van der Waals surface area contributed by atoms with Crippen LogP contribution in [0.5, 0.6) is 11.5 Å². The van der Waals surface area contributed by atoms with E-state index in [0.717, 1.165) is 6.07 Å². The lowest BCUT2D eigenvalue weighted by molar-refractivity contribution is 0.0935. The summed E-state index contributed by atoms with van der Waals surface area (Å²) in [4.78, 5) is 37.6. The molecule has 0 atom stereocenters. The van der Waals surface area contributed by atoms with Gasteiger partial charge in [-0.25, -0.2) is 0 Å². The Kier molecular flexibility index (Phi) is 6.89. The van der Waals surface area contributed by atoms with E-state index in [1.807, 2.05) is 13.8 Å². The lowest BCUT2D eigenvalue weighted by Gasteiger charge is -2.12. The van der Waals surface area contributed by atoms with Crippen LogP contribution in [0.4, 0.5) is 0 Å². The van der Waals surface area contributed by atoms with Crippen LogP contribution in [-0.2, 0) is 0 Å². The van der Waals surface area contributed by atoms with Gasteiger partial charge in [-0.15, -0.1) is 0 Å². The number of nitrogens with one attached hydrogen (secondary N) is 2. The number of phenolic OH excluding ortho intramolecular Hbond substituents is 2. The van der Waals surface area contributed by atoms with E-state index in [0.29, 0.717) is 5.56 Å². The monoisotopic (exact) mass is 471 g/mol. The highest BCUT2D eigenvalue weighted by Gasteiger charge is 2.35. The largest absolute Gasteiger partial charge is 0.508 e. The normalized spacial score (nSPS) is 11.0. The Labute approximate surface area is 194 Å². The highest BCUT2D eigenvalue weighted by molar-refractivity contribution is 6.12. The molecule has 6 N–H and O–H groups in total. The van der Waals surface area contributed by atoms with E-state index in [1.54, 1.807) is 13.8 Å². The molecular formula is C22H25N5O7. The average molecular weight is 471 g/mol. The zero-order valence-corrected chi connectivity index (χ0v) is 19.1. The number of hydrogen-bond donors (Lipinski definition) is 5. The predicted octanol–water partition coefficient (Wildman–Crippen LogP) is 2.13. The molecular weight excluding hydrogens is 446 g/mol. The second-order valence-corrected chi connectivity index (χ2v) is 7.64. The second-order valence-electron chi connectivity index (χ2n) is 7.64. The van der Waals surface area contributed by atoms with E-state index in [-0.39, 0.29) is 58.6 Å². The molecule has 0 bridgehead atoms. The maximum absolute atomic E-state index is 12.8. The summed E-state index contributed by atoms with van der Waals surface area (Å²) >= 11 is 0. The van der Waals surface area contributed by atoms with Crippen molar-refractivity contribution in [2.45, 2.75) is 33.6 Å². The number of carbonyl (C=O) groups excluding carboxylic acids is 3. The molecule has 0 spiro atoms. The Morgan fingerprint density at radius 3 is 2.03 bits per heavy atom. The molecule has 0 saturated heterocycles. The van der Waals surface area contributed by atoms with Crippen molar-refractivity contribution < 1.29 is 33.6 Å². The topological polar surface area (TPSA) is 194 Å². The lowest BCUT2D eigenvalue weighted by atomic mass is 9.93. The van der Waals surface area contributed by atoms with Gasteiger partial charge in [-0.05, 0) is 31.4 Å². The molecule has 1 aromatic carbocycles. The van der Waals surface area contributed by atoms with Gasteiger partial charge in [0.25, 0.3) is 17.7 Å². The minimum atomic E-state index is -1.05. The summed E-state index contributed by atoms with van der Waals surface area (Å²) in [6.45, 7) is 7.52. The molecule has 0 radical (unpaired) electrons. The maximum Gasteiger partial charge on any atom is 0.288 e. The first-order chi connectivity index (χ1) is 16.1. The molecule has 34 heavy (non-hydrogen) atoms. The van der Waals surface area contributed by atoms with Crippen LogP contribution in [-0.4, -0.2) is 51.3 Å². The fraction of sp³-hybridized carbons (Fsp3) is 0.318. The Bertz CT molecular complexity index is 1260. The van der Waals surface area contributed by atoms with Gasteiger partial charge < -0.3 is 35.6 Å². The fourth-order valence-electron chi connectivity index (χ4n) is 3.43. The van der Waals surface area contributed by atoms with Crippen LogP contribution >= 0.6 is 0 Å². The minimum Gasteiger partial charge on any atom is -0.508 e. The van der Waals surface area contributed by atoms with Crippen LogP contribution in [0.1, 0.15) is 70.7 Å². The van der Waals surface area contributed by atoms with E-state index in [4.69, 9.17) is 14.8 Å². The summed E-state index contributed by atoms with van der Waals surface area (Å²) < 4.78 is 10.5. The summed E-state index contributed by atoms with van der Waals surface area (Å²) in [7, 11) is 0. The Balaban J connectivity index is 2.42. The van der Waals surface area contributed by atoms with Crippen LogP contribution in [0.25, 0.3) is 22.5 Å². The van der Waals surface area contributed by atoms with Crippen molar-refractivity contribution in [1.82, 2.24) is 20.9 Å². The number of benzene rings is 1. The molecule has 0 saturated carbocycles. The number of nitrogens with two attached hydrogens (primary N) is 1. The summed E-state index contributed by atoms with van der Waals surface area (Å²) in [5, 5.41) is 33.5. The number of rotatable bonds is 8. The molecule has 0 fully saturated rings. The van der Waals surface area contributed by atoms with E-state index >= 15 is 0 Å². The van der Waals surface area contributed by atoms with Crippen molar-refractivity contribution in [3.05, 3.63) is 34.8 Å². The summed E-state index contributed by atoms with van der Waals surface area (Å²) in [5.74, 6) is -3.75. The molecule has 0 aliphatic heterocycles. The van der Waals surface area contributed by atoms with Crippen LogP contribution in [0.2, 0.25) is 0 Å². The van der Waals surface area contributed by atoms with Gasteiger partial charge in [0.05, 0.1) is 16.7 Å². The standard InChI is InChI=1S/C22H25N5O7/c1-5-24-21(31)16-14(15-17(22(32)25-6-2)27-34-19(15)20(23)30)18(33-26-16)11-7-10(9(3)4)12(28)8-13(11)29/h7-9,28-29H,5-6H2,1-4H3,(H2,23,30)(H,24,31)(H,25,32). The zero-order valence-electron chi connectivity index (χ0n) is 19.1. The van der Waals surface area contributed by atoms with E-state index in [2.05, 4.69) is 20.9 Å². The van der Waals surface area contributed by atoms with Crippen molar-refractivity contribution in [3.8, 4) is 33.9 Å². The second kappa shape index (κ2) is 9.65. The first-order valence-corrected chi connectivity index (χ1v) is 10.5. The summed E-state index contributed by atoms with van der Waals surface area (Å²) in [5.41, 5.74) is 5.03. The van der Waals surface area contributed by atoms with Gasteiger partial charge in [-0.3, -0.25) is 14.4 Å². The first kappa shape index (κ1) is 24.3. The third-order valence-electron chi connectivity index (χ3n) is 4.97. The zero-order chi connectivity index (χ0) is 25.2. The van der Waals surface area contributed by atoms with Crippen molar-refractivity contribution in [1.29, 1.82) is 0 Å². The number of amides is 3. The first-order valence-electron chi connectivity index (χ1n) is 10.5. The number of carbonyl (C=O) groups is 3. The summed E-state index contributed by atoms with van der Waals surface area (Å²) in [6.07, 6.45) is 0. The van der Waals surface area contributed by atoms with Crippen LogP contribution < -0.4 is 16.4 Å². The van der Waals surface area contributed by atoms with E-state index < -0.39 is 29.2 Å². The number of primary amides is 1. The van der Waals surface area contributed by atoms with Gasteiger partial charge in [-0.2, -0.15) is 0 Å². The SMILES string of the molecule is CCNC(=O)c1noc(C(N)=O)c1-c1c(C(=O)NCC)noc1-c1cc(C(C)C)c(O)cc1O. The molecule has 12 nitrogen and oxygen atoms in total. The number of hydrogen-bond acceptors (Lipinski definition) is 9. The number of phenols is 2. The number of aromatic nitrogens is 2. The molecule has 3 aromatic rings. The molecule has 0 aliphatic rings. The van der Waals surface area contributed by atoms with Crippen LogP contribution in [0, 0.1) is 0 Å². The molecule has 180 valence electrons. The quantitative estimate of drug-likeness (QED) is 0.327. The van der Waals surface area contributed by atoms with E-state index in [1.165, 1.54) is 6.07 Å². The van der Waals surface area contributed by atoms with Crippen molar-refractivity contribution >= 4 is 17.7 Å². The molecule has 12 heteroatoms. The van der Waals surface area contributed by atoms with Gasteiger partial charge in [0.15, 0.2) is 17.1 Å². The Hall–Kier alpha value is -4.35. The van der Waals surface area contributed by atoms with Gasteiger partial charge >= 0.3 is 0 Å². The van der Waals surface area contributed by atoms with Crippen LogP contribution in [0.3, 0.4) is 0 Å². The molecule has 2 aromatic heterocycles. The maximum atomic E-state index is 12.8. The van der Waals surface area contributed by atoms with Crippen molar-refractivity contribution in [3.63, 3.8) is 0 Å². The van der Waals surface area contributed by atoms with E-state index in [9.17, 15) is 24.6 Å². The molecule has 0 unspecified atom stereocenters. The molecule has 2 heterocycles. The third-order valence-corrected chi connectivity index (χ3v) is 4.97. The van der Waals surface area contributed by atoms with Crippen molar-refractivity contribution in [2.75, 3.05) is 13.1 Å². The number of nitrogens with zero attached hydrogens (tertiary/aromatic N) is 2. The Morgan fingerprint density at radius 2 is 1.50 bits per heavy atom. The molecule has 3 rings (SSSR count). The average Bonchev–Trinajstić information content (AvgIpc) is 3.38. The Morgan fingerprint density at radius 1 is 0.941 bits per heavy atom. The third kappa shape index (κ3) is 4.29.